The maximum absolute atomic E-state index is 11.8. The van der Waals surface area contributed by atoms with Gasteiger partial charge in [-0.25, -0.2) is 0 Å². The summed E-state index contributed by atoms with van der Waals surface area (Å²) in [5, 5.41) is 12.6. The lowest BCUT2D eigenvalue weighted by Gasteiger charge is -2.05. The van der Waals surface area contributed by atoms with Crippen LogP contribution in [0, 0.1) is 0 Å². The first-order valence-corrected chi connectivity index (χ1v) is 8.41. The Kier molecular flexibility index (Phi) is 7.02. The number of para-hydroxylation sites is 1. The first-order chi connectivity index (χ1) is 11.7. The zero-order chi connectivity index (χ0) is 17.2. The van der Waals surface area contributed by atoms with Crippen LogP contribution < -0.4 is 5.32 Å². The molecule has 1 amide bonds. The zero-order valence-electron chi connectivity index (χ0n) is 14.0. The minimum atomic E-state index is 0.0524. The van der Waals surface area contributed by atoms with E-state index in [1.165, 1.54) is 12.8 Å². The molecule has 0 aliphatic heterocycles. The van der Waals surface area contributed by atoms with E-state index in [2.05, 4.69) is 17.2 Å². The Bertz CT molecular complexity index is 678. The van der Waals surface area contributed by atoms with Gasteiger partial charge in [-0.15, -0.1) is 0 Å². The maximum atomic E-state index is 11.8. The highest BCUT2D eigenvalue weighted by molar-refractivity contribution is 5.91. The van der Waals surface area contributed by atoms with Gasteiger partial charge in [0.2, 0.25) is 5.91 Å². The van der Waals surface area contributed by atoms with Crippen molar-refractivity contribution in [3.05, 3.63) is 54.1 Å². The molecule has 0 heterocycles. The van der Waals surface area contributed by atoms with E-state index in [4.69, 9.17) is 0 Å². The summed E-state index contributed by atoms with van der Waals surface area (Å²) in [6.07, 6.45) is 6.57. The first-order valence-electron chi connectivity index (χ1n) is 8.41. The molecule has 126 valence electrons. The van der Waals surface area contributed by atoms with Gasteiger partial charge in [0.05, 0.1) is 5.69 Å². The number of nitrogens with zero attached hydrogens (tertiary/aromatic N) is 1. The molecule has 24 heavy (non-hydrogen) atoms. The summed E-state index contributed by atoms with van der Waals surface area (Å²) < 4.78 is 0. The Labute approximate surface area is 143 Å². The van der Waals surface area contributed by atoms with Crippen LogP contribution in [0.15, 0.2) is 53.5 Å². The number of carbonyl (C=O) groups excluding carboxylic acids is 1. The van der Waals surface area contributed by atoms with Crippen molar-refractivity contribution in [1.82, 2.24) is 0 Å². The molecule has 0 unspecified atom stereocenters. The van der Waals surface area contributed by atoms with Gasteiger partial charge in [-0.1, -0.05) is 38.3 Å². The van der Waals surface area contributed by atoms with Crippen molar-refractivity contribution in [2.24, 2.45) is 4.99 Å². The molecule has 0 saturated heterocycles. The van der Waals surface area contributed by atoms with Gasteiger partial charge in [0, 0.05) is 23.9 Å². The van der Waals surface area contributed by atoms with Crippen LogP contribution in [-0.2, 0) is 4.79 Å². The third kappa shape index (κ3) is 5.88. The van der Waals surface area contributed by atoms with Crippen LogP contribution in [-0.4, -0.2) is 17.2 Å². The van der Waals surface area contributed by atoms with Crippen LogP contribution >= 0.6 is 0 Å². The van der Waals surface area contributed by atoms with Crippen LogP contribution in [0.2, 0.25) is 0 Å². The molecule has 0 atom stereocenters. The highest BCUT2D eigenvalue weighted by Crippen LogP contribution is 2.19. The van der Waals surface area contributed by atoms with Crippen LogP contribution in [0.5, 0.6) is 5.75 Å². The number of carbonyl (C=O) groups is 1. The smallest absolute Gasteiger partial charge is 0.224 e. The molecule has 2 aromatic carbocycles. The van der Waals surface area contributed by atoms with E-state index < -0.39 is 0 Å². The number of phenols is 1. The summed E-state index contributed by atoms with van der Waals surface area (Å²) in [6, 6.07) is 14.4. The normalized spacial score (nSPS) is 10.9. The van der Waals surface area contributed by atoms with E-state index in [0.717, 1.165) is 24.2 Å². The molecule has 0 spiro atoms. The Morgan fingerprint density at radius 2 is 1.83 bits per heavy atom. The van der Waals surface area contributed by atoms with Gasteiger partial charge in [0.1, 0.15) is 5.75 Å². The molecule has 4 heteroatoms. The number of phenolic OH excluding ortho intramolecular Hbond substituents is 1. The van der Waals surface area contributed by atoms with Crippen molar-refractivity contribution in [3.8, 4) is 5.75 Å². The predicted octanol–water partition coefficient (Wildman–Crippen LogP) is 5.05. The van der Waals surface area contributed by atoms with Gasteiger partial charge >= 0.3 is 0 Å². The minimum Gasteiger partial charge on any atom is -0.507 e. The Morgan fingerprint density at radius 3 is 2.54 bits per heavy atom. The zero-order valence-corrected chi connectivity index (χ0v) is 14.0. The summed E-state index contributed by atoms with van der Waals surface area (Å²) in [5.41, 5.74) is 2.21. The number of hydrogen-bond donors (Lipinski definition) is 2. The Hall–Kier alpha value is -2.62. The lowest BCUT2D eigenvalue weighted by Crippen LogP contribution is -2.10. The largest absolute Gasteiger partial charge is 0.507 e. The van der Waals surface area contributed by atoms with Crippen LogP contribution in [0.4, 0.5) is 11.4 Å². The number of aromatic hydroxyl groups is 1. The fourth-order valence-corrected chi connectivity index (χ4v) is 2.31. The molecule has 0 aliphatic rings. The van der Waals surface area contributed by atoms with E-state index in [0.29, 0.717) is 12.0 Å². The second-order valence-electron chi connectivity index (χ2n) is 5.72. The number of benzene rings is 2. The number of amides is 1. The predicted molar refractivity (Wildman–Crippen MR) is 99.2 cm³/mol. The van der Waals surface area contributed by atoms with Gasteiger partial charge in [0.15, 0.2) is 0 Å². The molecule has 0 fully saturated rings. The van der Waals surface area contributed by atoms with E-state index >= 15 is 0 Å². The first kappa shape index (κ1) is 17.7. The quantitative estimate of drug-likeness (QED) is 0.527. The van der Waals surface area contributed by atoms with Gasteiger partial charge in [-0.3, -0.25) is 9.79 Å². The van der Waals surface area contributed by atoms with Crippen molar-refractivity contribution in [2.75, 3.05) is 5.32 Å². The molecule has 0 saturated carbocycles. The van der Waals surface area contributed by atoms with Crippen LogP contribution in [0.3, 0.4) is 0 Å². The molecule has 0 bridgehead atoms. The van der Waals surface area contributed by atoms with Crippen molar-refractivity contribution >= 4 is 23.5 Å². The fourth-order valence-electron chi connectivity index (χ4n) is 2.31. The second-order valence-corrected chi connectivity index (χ2v) is 5.72. The summed E-state index contributed by atoms with van der Waals surface area (Å²) in [6.45, 7) is 2.16. The van der Waals surface area contributed by atoms with Gasteiger partial charge in [0.25, 0.3) is 0 Å². The summed E-state index contributed by atoms with van der Waals surface area (Å²) in [4.78, 5) is 16.2. The molecule has 2 rings (SSSR count). The Balaban J connectivity index is 1.86. The SMILES string of the molecule is CCCCCCC(=O)Nc1ccc(N=Cc2ccccc2O)cc1. The number of anilines is 1. The minimum absolute atomic E-state index is 0.0524. The Morgan fingerprint density at radius 1 is 1.08 bits per heavy atom. The van der Waals surface area contributed by atoms with E-state index in [1.807, 2.05) is 30.3 Å². The average Bonchev–Trinajstić information content (AvgIpc) is 2.59. The van der Waals surface area contributed by atoms with Crippen molar-refractivity contribution in [2.45, 2.75) is 39.0 Å². The third-order valence-corrected chi connectivity index (χ3v) is 3.70. The summed E-state index contributed by atoms with van der Waals surface area (Å²) in [7, 11) is 0. The monoisotopic (exact) mass is 324 g/mol. The standard InChI is InChI=1S/C20H24N2O2/c1-2-3-4-5-10-20(24)22-18-13-11-17(12-14-18)21-15-16-8-6-7-9-19(16)23/h6-9,11-15,23H,2-5,10H2,1H3,(H,22,24). The van der Waals surface area contributed by atoms with E-state index in [-0.39, 0.29) is 11.7 Å². The molecular formula is C20H24N2O2. The number of hydrogen-bond acceptors (Lipinski definition) is 3. The van der Waals surface area contributed by atoms with Gasteiger partial charge in [-0.05, 0) is 42.8 Å². The maximum Gasteiger partial charge on any atom is 0.224 e. The lowest BCUT2D eigenvalue weighted by molar-refractivity contribution is -0.116. The molecule has 0 radical (unpaired) electrons. The second kappa shape index (κ2) is 9.50. The number of aliphatic imine (C=N–C) groups is 1. The molecule has 0 aliphatic carbocycles. The molecular weight excluding hydrogens is 300 g/mol. The average molecular weight is 324 g/mol. The molecule has 2 aromatic rings. The lowest BCUT2D eigenvalue weighted by atomic mass is 10.1. The number of nitrogens with one attached hydrogen (secondary N) is 1. The van der Waals surface area contributed by atoms with E-state index in [1.54, 1.807) is 24.4 Å². The number of rotatable bonds is 8. The topological polar surface area (TPSA) is 61.7 Å². The summed E-state index contributed by atoms with van der Waals surface area (Å²) in [5.74, 6) is 0.254. The highest BCUT2D eigenvalue weighted by Gasteiger charge is 2.02. The highest BCUT2D eigenvalue weighted by atomic mass is 16.3. The van der Waals surface area contributed by atoms with E-state index in [9.17, 15) is 9.90 Å². The van der Waals surface area contributed by atoms with Crippen molar-refractivity contribution in [1.29, 1.82) is 0 Å². The van der Waals surface area contributed by atoms with Crippen LogP contribution in [0.1, 0.15) is 44.6 Å². The van der Waals surface area contributed by atoms with Crippen molar-refractivity contribution < 1.29 is 9.90 Å². The summed E-state index contributed by atoms with van der Waals surface area (Å²) >= 11 is 0. The van der Waals surface area contributed by atoms with Gasteiger partial charge in [-0.2, -0.15) is 0 Å². The third-order valence-electron chi connectivity index (χ3n) is 3.70. The van der Waals surface area contributed by atoms with Gasteiger partial charge < -0.3 is 10.4 Å². The molecule has 2 N–H and O–H groups in total. The number of unbranched alkanes of at least 4 members (excludes halogenated alkanes) is 3. The van der Waals surface area contributed by atoms with Crippen molar-refractivity contribution in [3.63, 3.8) is 0 Å². The van der Waals surface area contributed by atoms with Crippen LogP contribution in [0.25, 0.3) is 0 Å². The fraction of sp³-hybridized carbons (Fsp3) is 0.300. The molecule has 4 nitrogen and oxygen atoms in total. The molecule has 0 aromatic heterocycles.